The van der Waals surface area contributed by atoms with Crippen molar-refractivity contribution in [3.63, 3.8) is 0 Å². The predicted molar refractivity (Wildman–Crippen MR) is 105 cm³/mol. The number of hydrogen-bond acceptors (Lipinski definition) is 4. The van der Waals surface area contributed by atoms with Gasteiger partial charge in [-0.2, -0.15) is 0 Å². The summed E-state index contributed by atoms with van der Waals surface area (Å²) < 4.78 is 6.76. The van der Waals surface area contributed by atoms with Gasteiger partial charge in [-0.15, -0.1) is 11.3 Å². The van der Waals surface area contributed by atoms with Crippen LogP contribution in [-0.4, -0.2) is 10.9 Å². The van der Waals surface area contributed by atoms with Crippen molar-refractivity contribution in [2.45, 2.75) is 6.61 Å². The van der Waals surface area contributed by atoms with Crippen LogP contribution in [0.5, 0.6) is 5.75 Å². The fourth-order valence-electron chi connectivity index (χ4n) is 2.08. The minimum absolute atomic E-state index is 0.215. The second-order valence-corrected chi connectivity index (χ2v) is 6.77. The predicted octanol–water partition coefficient (Wildman–Crippen LogP) is 5.14. The molecular formula is C19H15BrN2O2S. The highest BCUT2D eigenvalue weighted by molar-refractivity contribution is 9.10. The Morgan fingerprint density at radius 2 is 2.00 bits per heavy atom. The van der Waals surface area contributed by atoms with Gasteiger partial charge in [0.2, 0.25) is 5.91 Å². The summed E-state index contributed by atoms with van der Waals surface area (Å²) in [6, 6.07) is 15.1. The number of carbonyl (C=O) groups is 1. The summed E-state index contributed by atoms with van der Waals surface area (Å²) in [5.41, 5.74) is 4.20. The highest BCUT2D eigenvalue weighted by Gasteiger charge is 2.06. The quantitative estimate of drug-likeness (QED) is 0.568. The van der Waals surface area contributed by atoms with Gasteiger partial charge in [0.05, 0.1) is 16.9 Å². The second kappa shape index (κ2) is 8.60. The number of ether oxygens (including phenoxy) is 1. The van der Waals surface area contributed by atoms with Gasteiger partial charge in [0, 0.05) is 15.9 Å². The lowest BCUT2D eigenvalue weighted by molar-refractivity contribution is -0.111. The summed E-state index contributed by atoms with van der Waals surface area (Å²) in [6.07, 6.45) is 3.26. The molecule has 25 heavy (non-hydrogen) atoms. The van der Waals surface area contributed by atoms with Gasteiger partial charge in [0.1, 0.15) is 12.4 Å². The monoisotopic (exact) mass is 414 g/mol. The van der Waals surface area contributed by atoms with Crippen molar-refractivity contribution in [1.29, 1.82) is 0 Å². The minimum atomic E-state index is -0.215. The Morgan fingerprint density at radius 1 is 1.20 bits per heavy atom. The van der Waals surface area contributed by atoms with Crippen molar-refractivity contribution in [3.8, 4) is 5.75 Å². The van der Waals surface area contributed by atoms with E-state index in [-0.39, 0.29) is 5.91 Å². The number of halogens is 1. The molecule has 0 aliphatic heterocycles. The van der Waals surface area contributed by atoms with Crippen LogP contribution in [0.25, 0.3) is 6.08 Å². The topological polar surface area (TPSA) is 51.2 Å². The van der Waals surface area contributed by atoms with Gasteiger partial charge in [-0.25, -0.2) is 4.98 Å². The van der Waals surface area contributed by atoms with Crippen LogP contribution in [0, 0.1) is 0 Å². The molecule has 0 spiro atoms. The van der Waals surface area contributed by atoms with Gasteiger partial charge in [-0.1, -0.05) is 40.2 Å². The molecule has 0 bridgehead atoms. The van der Waals surface area contributed by atoms with Crippen LogP contribution >= 0.6 is 27.3 Å². The molecular weight excluding hydrogens is 400 g/mol. The SMILES string of the molecule is O=C(C=Cc1ccc(Br)cc1)Nc1ccccc1OCc1cscn1. The van der Waals surface area contributed by atoms with Crippen LogP contribution in [0.1, 0.15) is 11.3 Å². The summed E-state index contributed by atoms with van der Waals surface area (Å²) in [7, 11) is 0. The first-order valence-electron chi connectivity index (χ1n) is 7.54. The molecule has 0 fully saturated rings. The van der Waals surface area contributed by atoms with E-state index in [2.05, 4.69) is 26.2 Å². The number of para-hydroxylation sites is 2. The summed E-state index contributed by atoms with van der Waals surface area (Å²) >= 11 is 4.91. The number of nitrogens with zero attached hydrogens (tertiary/aromatic N) is 1. The van der Waals surface area contributed by atoms with E-state index in [9.17, 15) is 4.79 Å². The number of anilines is 1. The maximum Gasteiger partial charge on any atom is 0.248 e. The number of hydrogen-bond donors (Lipinski definition) is 1. The molecule has 4 nitrogen and oxygen atoms in total. The van der Waals surface area contributed by atoms with Crippen LogP contribution in [0.15, 0.2) is 70.0 Å². The first kappa shape index (κ1) is 17.4. The molecule has 0 unspecified atom stereocenters. The number of thiazole rings is 1. The molecule has 0 radical (unpaired) electrons. The number of rotatable bonds is 6. The summed E-state index contributed by atoms with van der Waals surface area (Å²) in [6.45, 7) is 0.366. The molecule has 1 N–H and O–H groups in total. The number of nitrogens with one attached hydrogen (secondary N) is 1. The van der Waals surface area contributed by atoms with E-state index < -0.39 is 0 Å². The number of carbonyl (C=O) groups excluding carboxylic acids is 1. The Balaban J connectivity index is 1.63. The Labute approximate surface area is 158 Å². The molecule has 6 heteroatoms. The van der Waals surface area contributed by atoms with Crippen LogP contribution in [0.3, 0.4) is 0 Å². The van der Waals surface area contributed by atoms with Crippen LogP contribution in [0.4, 0.5) is 5.69 Å². The van der Waals surface area contributed by atoms with E-state index in [1.54, 1.807) is 11.6 Å². The molecule has 0 atom stereocenters. The highest BCUT2D eigenvalue weighted by Crippen LogP contribution is 2.24. The van der Waals surface area contributed by atoms with E-state index in [0.29, 0.717) is 18.0 Å². The average Bonchev–Trinajstić information content (AvgIpc) is 3.14. The van der Waals surface area contributed by atoms with Gasteiger partial charge in [0.15, 0.2) is 0 Å². The van der Waals surface area contributed by atoms with Crippen molar-refractivity contribution in [2.75, 3.05) is 5.32 Å². The molecule has 0 aliphatic rings. The van der Waals surface area contributed by atoms with Gasteiger partial charge < -0.3 is 10.1 Å². The van der Waals surface area contributed by atoms with Crippen molar-refractivity contribution in [1.82, 2.24) is 4.98 Å². The third-order valence-electron chi connectivity index (χ3n) is 3.30. The molecule has 0 saturated heterocycles. The summed E-state index contributed by atoms with van der Waals surface area (Å²) in [5, 5.41) is 4.78. The van der Waals surface area contributed by atoms with Gasteiger partial charge >= 0.3 is 0 Å². The van der Waals surface area contributed by atoms with Crippen LogP contribution in [0.2, 0.25) is 0 Å². The van der Waals surface area contributed by atoms with Gasteiger partial charge in [-0.3, -0.25) is 4.79 Å². The number of aromatic nitrogens is 1. The molecule has 3 aromatic rings. The fourth-order valence-corrected chi connectivity index (χ4v) is 2.88. The summed E-state index contributed by atoms with van der Waals surface area (Å²) in [5.74, 6) is 0.397. The smallest absolute Gasteiger partial charge is 0.248 e. The van der Waals surface area contributed by atoms with Crippen molar-refractivity contribution < 1.29 is 9.53 Å². The normalized spacial score (nSPS) is 10.8. The molecule has 1 amide bonds. The molecule has 1 aromatic heterocycles. The molecule has 126 valence electrons. The van der Waals surface area contributed by atoms with Gasteiger partial charge in [0.25, 0.3) is 0 Å². The zero-order valence-electron chi connectivity index (χ0n) is 13.2. The minimum Gasteiger partial charge on any atom is -0.485 e. The lowest BCUT2D eigenvalue weighted by atomic mass is 10.2. The van der Waals surface area contributed by atoms with E-state index in [1.807, 2.05) is 53.9 Å². The maximum absolute atomic E-state index is 12.2. The van der Waals surface area contributed by atoms with E-state index >= 15 is 0 Å². The molecule has 3 rings (SSSR count). The fraction of sp³-hybridized carbons (Fsp3) is 0.0526. The Hall–Kier alpha value is -2.44. The largest absolute Gasteiger partial charge is 0.485 e. The van der Waals surface area contributed by atoms with E-state index in [4.69, 9.17) is 4.74 Å². The number of amides is 1. The Kier molecular flexibility index (Phi) is 5.98. The third kappa shape index (κ3) is 5.27. The molecule has 1 heterocycles. The maximum atomic E-state index is 12.2. The van der Waals surface area contributed by atoms with Crippen molar-refractivity contribution in [3.05, 3.63) is 81.2 Å². The summed E-state index contributed by atoms with van der Waals surface area (Å²) in [4.78, 5) is 16.3. The highest BCUT2D eigenvalue weighted by atomic mass is 79.9. The average molecular weight is 415 g/mol. The zero-order chi connectivity index (χ0) is 17.5. The Morgan fingerprint density at radius 3 is 2.76 bits per heavy atom. The first-order valence-corrected chi connectivity index (χ1v) is 9.28. The second-order valence-electron chi connectivity index (χ2n) is 5.14. The molecule has 0 aliphatic carbocycles. The third-order valence-corrected chi connectivity index (χ3v) is 4.47. The zero-order valence-corrected chi connectivity index (χ0v) is 15.6. The van der Waals surface area contributed by atoms with Crippen molar-refractivity contribution in [2.24, 2.45) is 0 Å². The molecule has 0 saturated carbocycles. The van der Waals surface area contributed by atoms with Crippen LogP contribution in [-0.2, 0) is 11.4 Å². The first-order chi connectivity index (χ1) is 12.2. The molecule has 2 aromatic carbocycles. The standard InChI is InChI=1S/C19H15BrN2O2S/c20-15-8-5-14(6-9-15)7-10-19(23)22-17-3-1-2-4-18(17)24-11-16-12-25-13-21-16/h1-10,12-13H,11H2,(H,22,23). The lowest BCUT2D eigenvalue weighted by Crippen LogP contribution is -2.09. The van der Waals surface area contributed by atoms with Gasteiger partial charge in [-0.05, 0) is 35.9 Å². The lowest BCUT2D eigenvalue weighted by Gasteiger charge is -2.10. The van der Waals surface area contributed by atoms with E-state index in [0.717, 1.165) is 15.7 Å². The number of benzene rings is 2. The van der Waals surface area contributed by atoms with Crippen LogP contribution < -0.4 is 10.1 Å². The van der Waals surface area contributed by atoms with E-state index in [1.165, 1.54) is 17.4 Å². The van der Waals surface area contributed by atoms with Crippen molar-refractivity contribution >= 4 is 44.9 Å². The Bertz CT molecular complexity index is 861.